The second-order valence-electron chi connectivity index (χ2n) is 8.07. The average molecular weight is 367 g/mol. The highest BCUT2D eigenvalue weighted by molar-refractivity contribution is 5.79. The summed E-state index contributed by atoms with van der Waals surface area (Å²) in [5, 5.41) is 0. The van der Waals surface area contributed by atoms with E-state index >= 15 is 0 Å². The van der Waals surface area contributed by atoms with Crippen LogP contribution in [-0.4, -0.2) is 73.7 Å². The summed E-state index contributed by atoms with van der Waals surface area (Å²) in [5.41, 5.74) is 0. The van der Waals surface area contributed by atoms with Gasteiger partial charge < -0.3 is 19.3 Å². The lowest BCUT2D eigenvalue weighted by atomic mass is 9.97. The van der Waals surface area contributed by atoms with Crippen LogP contribution < -0.4 is 0 Å². The summed E-state index contributed by atoms with van der Waals surface area (Å²) in [5.74, 6) is 0.909. The van der Waals surface area contributed by atoms with Crippen LogP contribution in [0.5, 0.6) is 0 Å². The fourth-order valence-electron chi connectivity index (χ4n) is 4.87. The fraction of sp³-hybridized carbons (Fsp3) is 0.900. The Bertz CT molecular complexity index is 472. The van der Waals surface area contributed by atoms with Gasteiger partial charge in [-0.05, 0) is 44.4 Å². The molecule has 0 aromatic carbocycles. The van der Waals surface area contributed by atoms with Gasteiger partial charge in [0, 0.05) is 51.9 Å². The summed E-state index contributed by atoms with van der Waals surface area (Å²) in [4.78, 5) is 29.6. The summed E-state index contributed by atoms with van der Waals surface area (Å²) in [6.45, 7) is 3.04. The van der Waals surface area contributed by atoms with Crippen molar-refractivity contribution in [2.45, 2.75) is 69.9 Å². The van der Waals surface area contributed by atoms with Crippen LogP contribution in [0.15, 0.2) is 0 Å². The smallest absolute Gasteiger partial charge is 0.249 e. The molecule has 0 spiro atoms. The molecule has 26 heavy (non-hydrogen) atoms. The number of amides is 2. The predicted molar refractivity (Wildman–Crippen MR) is 98.7 cm³/mol. The van der Waals surface area contributed by atoms with Gasteiger partial charge in [-0.1, -0.05) is 12.8 Å². The number of hydrogen-bond acceptors (Lipinski definition) is 4. The molecular weight excluding hydrogens is 332 g/mol. The molecular formula is C20H34N2O4. The summed E-state index contributed by atoms with van der Waals surface area (Å²) >= 11 is 0. The Balaban J connectivity index is 1.63. The summed E-state index contributed by atoms with van der Waals surface area (Å²) < 4.78 is 10.6. The standard InChI is InChI=1S/C20H34N2O4/c1-25-15-20(24)22(17-8-11-26-12-9-17)18-7-4-10-21(14-18)19(23)13-16-5-2-3-6-16/h16-18H,2-15H2,1H3. The maximum atomic E-state index is 12.8. The number of carbonyl (C=O) groups is 2. The minimum Gasteiger partial charge on any atom is -0.381 e. The first-order valence-corrected chi connectivity index (χ1v) is 10.3. The molecule has 1 aliphatic carbocycles. The van der Waals surface area contributed by atoms with Crippen molar-refractivity contribution in [1.82, 2.24) is 9.80 Å². The van der Waals surface area contributed by atoms with E-state index in [1.165, 1.54) is 25.7 Å². The van der Waals surface area contributed by atoms with E-state index in [0.29, 0.717) is 32.1 Å². The van der Waals surface area contributed by atoms with Crippen LogP contribution in [0.1, 0.15) is 57.8 Å². The predicted octanol–water partition coefficient (Wildman–Crippen LogP) is 2.21. The van der Waals surface area contributed by atoms with Crippen molar-refractivity contribution in [3.8, 4) is 0 Å². The van der Waals surface area contributed by atoms with Crippen molar-refractivity contribution in [3.05, 3.63) is 0 Å². The summed E-state index contributed by atoms with van der Waals surface area (Å²) in [6.07, 6.45) is 9.32. The van der Waals surface area contributed by atoms with E-state index in [-0.39, 0.29) is 30.5 Å². The molecule has 1 saturated carbocycles. The Morgan fingerprint density at radius 2 is 1.77 bits per heavy atom. The van der Waals surface area contributed by atoms with Crippen LogP contribution >= 0.6 is 0 Å². The normalized spacial score (nSPS) is 25.4. The zero-order chi connectivity index (χ0) is 18.4. The lowest BCUT2D eigenvalue weighted by molar-refractivity contribution is -0.147. The van der Waals surface area contributed by atoms with Gasteiger partial charge in [0.15, 0.2) is 0 Å². The molecule has 0 radical (unpaired) electrons. The number of nitrogens with zero attached hydrogens (tertiary/aromatic N) is 2. The van der Waals surface area contributed by atoms with Crippen molar-refractivity contribution in [3.63, 3.8) is 0 Å². The third kappa shape index (κ3) is 4.97. The van der Waals surface area contributed by atoms with Crippen molar-refractivity contribution in [1.29, 1.82) is 0 Å². The Hall–Kier alpha value is -1.14. The first-order valence-electron chi connectivity index (χ1n) is 10.3. The number of methoxy groups -OCH3 is 1. The van der Waals surface area contributed by atoms with E-state index in [2.05, 4.69) is 0 Å². The molecule has 3 fully saturated rings. The third-order valence-electron chi connectivity index (χ3n) is 6.22. The molecule has 1 unspecified atom stereocenters. The van der Waals surface area contributed by atoms with E-state index in [4.69, 9.17) is 9.47 Å². The summed E-state index contributed by atoms with van der Waals surface area (Å²) in [6, 6.07) is 0.323. The zero-order valence-electron chi connectivity index (χ0n) is 16.2. The third-order valence-corrected chi connectivity index (χ3v) is 6.22. The second kappa shape index (κ2) is 9.70. The largest absolute Gasteiger partial charge is 0.381 e. The topological polar surface area (TPSA) is 59.1 Å². The van der Waals surface area contributed by atoms with Gasteiger partial charge in [0.2, 0.25) is 11.8 Å². The Morgan fingerprint density at radius 3 is 2.46 bits per heavy atom. The molecule has 1 atom stereocenters. The minimum absolute atomic E-state index is 0.0505. The fourth-order valence-corrected chi connectivity index (χ4v) is 4.87. The van der Waals surface area contributed by atoms with Gasteiger partial charge in [-0.25, -0.2) is 0 Å². The number of hydrogen-bond donors (Lipinski definition) is 0. The van der Waals surface area contributed by atoms with E-state index < -0.39 is 0 Å². The molecule has 3 rings (SSSR count). The molecule has 2 amide bonds. The van der Waals surface area contributed by atoms with Crippen molar-refractivity contribution < 1.29 is 19.1 Å². The quantitative estimate of drug-likeness (QED) is 0.723. The summed E-state index contributed by atoms with van der Waals surface area (Å²) in [7, 11) is 1.57. The molecule has 3 aliphatic rings. The van der Waals surface area contributed by atoms with Crippen LogP contribution in [-0.2, 0) is 19.1 Å². The zero-order valence-corrected chi connectivity index (χ0v) is 16.2. The van der Waals surface area contributed by atoms with E-state index in [1.54, 1.807) is 7.11 Å². The van der Waals surface area contributed by atoms with Crippen molar-refractivity contribution in [2.24, 2.45) is 5.92 Å². The molecule has 2 heterocycles. The molecule has 6 nitrogen and oxygen atoms in total. The van der Waals surface area contributed by atoms with Crippen molar-refractivity contribution in [2.75, 3.05) is 40.0 Å². The van der Waals surface area contributed by atoms with Gasteiger partial charge >= 0.3 is 0 Å². The second-order valence-corrected chi connectivity index (χ2v) is 8.07. The monoisotopic (exact) mass is 366 g/mol. The highest BCUT2D eigenvalue weighted by Crippen LogP contribution is 2.29. The number of ether oxygens (including phenoxy) is 2. The van der Waals surface area contributed by atoms with Gasteiger partial charge in [0.05, 0.1) is 0 Å². The van der Waals surface area contributed by atoms with E-state index in [1.807, 2.05) is 9.80 Å². The minimum atomic E-state index is 0.0505. The van der Waals surface area contributed by atoms with Crippen LogP contribution in [0, 0.1) is 5.92 Å². The molecule has 0 bridgehead atoms. The Morgan fingerprint density at radius 1 is 1.04 bits per heavy atom. The Kier molecular flexibility index (Phi) is 7.32. The van der Waals surface area contributed by atoms with E-state index in [0.717, 1.165) is 32.2 Å². The van der Waals surface area contributed by atoms with Crippen LogP contribution in [0.25, 0.3) is 0 Å². The highest BCUT2D eigenvalue weighted by Gasteiger charge is 2.35. The van der Waals surface area contributed by atoms with Gasteiger partial charge in [-0.2, -0.15) is 0 Å². The first kappa shape index (κ1) is 19.6. The molecule has 0 N–H and O–H groups in total. The van der Waals surface area contributed by atoms with Crippen molar-refractivity contribution >= 4 is 11.8 Å². The van der Waals surface area contributed by atoms with Gasteiger partial charge in [-0.15, -0.1) is 0 Å². The molecule has 0 aromatic rings. The molecule has 6 heteroatoms. The van der Waals surface area contributed by atoms with Crippen LogP contribution in [0.2, 0.25) is 0 Å². The first-order chi connectivity index (χ1) is 12.7. The van der Waals surface area contributed by atoms with Gasteiger partial charge in [0.25, 0.3) is 0 Å². The molecule has 0 aromatic heterocycles. The maximum Gasteiger partial charge on any atom is 0.249 e. The lowest BCUT2D eigenvalue weighted by Crippen LogP contribution is -2.57. The number of likely N-dealkylation sites (tertiary alicyclic amines) is 1. The van der Waals surface area contributed by atoms with Crippen LogP contribution in [0.3, 0.4) is 0 Å². The average Bonchev–Trinajstić information content (AvgIpc) is 3.16. The number of carbonyl (C=O) groups excluding carboxylic acids is 2. The van der Waals surface area contributed by atoms with E-state index in [9.17, 15) is 9.59 Å². The van der Waals surface area contributed by atoms with Gasteiger partial charge in [0.1, 0.15) is 6.61 Å². The number of piperidine rings is 1. The number of rotatable bonds is 6. The highest BCUT2D eigenvalue weighted by atomic mass is 16.5. The Labute approximate surface area is 157 Å². The molecule has 148 valence electrons. The van der Waals surface area contributed by atoms with Gasteiger partial charge in [-0.3, -0.25) is 9.59 Å². The maximum absolute atomic E-state index is 12.8. The molecule has 2 saturated heterocycles. The van der Waals surface area contributed by atoms with Crippen LogP contribution in [0.4, 0.5) is 0 Å². The lowest BCUT2D eigenvalue weighted by Gasteiger charge is -2.44. The SMILES string of the molecule is COCC(=O)N(C1CCOCC1)C1CCCN(C(=O)CC2CCCC2)C1. The molecule has 2 aliphatic heterocycles.